The van der Waals surface area contributed by atoms with Crippen molar-refractivity contribution in [2.75, 3.05) is 13.2 Å². The molecule has 1 saturated heterocycles. The van der Waals surface area contributed by atoms with Crippen LogP contribution in [0.25, 0.3) is 10.9 Å². The third-order valence-corrected chi connectivity index (χ3v) is 8.43. The fourth-order valence-corrected chi connectivity index (χ4v) is 6.04. The number of imide groups is 2. The van der Waals surface area contributed by atoms with Crippen LogP contribution < -0.4 is 20.7 Å². The van der Waals surface area contributed by atoms with Crippen LogP contribution in [0.1, 0.15) is 69.1 Å². The summed E-state index contributed by atoms with van der Waals surface area (Å²) in [7, 11) is 0. The Morgan fingerprint density at radius 1 is 1.06 bits per heavy atom. The Hall–Kier alpha value is -6.18. The minimum Gasteiger partial charge on any atom is -0.505 e. The van der Waals surface area contributed by atoms with E-state index in [4.69, 9.17) is 4.74 Å². The van der Waals surface area contributed by atoms with Gasteiger partial charge < -0.3 is 20.5 Å². The minimum atomic E-state index is -1.13. The van der Waals surface area contributed by atoms with Gasteiger partial charge in [0.15, 0.2) is 6.61 Å². The monoisotopic (exact) mass is 664 g/mol. The van der Waals surface area contributed by atoms with Gasteiger partial charge in [-0.25, -0.2) is 0 Å². The van der Waals surface area contributed by atoms with Gasteiger partial charge in [-0.3, -0.25) is 49.0 Å². The first-order valence-corrected chi connectivity index (χ1v) is 15.6. The molecule has 1 fully saturated rings. The highest BCUT2D eigenvalue weighted by molar-refractivity contribution is 6.24. The summed E-state index contributed by atoms with van der Waals surface area (Å²) in [5.41, 5.74) is 2.42. The average Bonchev–Trinajstić information content (AvgIpc) is 3.36. The van der Waals surface area contributed by atoms with Gasteiger partial charge in [0.2, 0.25) is 17.7 Å². The molecular weight excluding hydrogens is 632 g/mol. The molecule has 0 aliphatic carbocycles. The van der Waals surface area contributed by atoms with Crippen molar-refractivity contribution in [1.29, 1.82) is 0 Å². The Morgan fingerprint density at radius 2 is 1.88 bits per heavy atom. The maximum absolute atomic E-state index is 13.2. The molecule has 2 aliphatic rings. The fourth-order valence-electron chi connectivity index (χ4n) is 6.04. The van der Waals surface area contributed by atoms with E-state index >= 15 is 0 Å². The molecule has 2 aromatic carbocycles. The van der Waals surface area contributed by atoms with E-state index in [1.54, 1.807) is 36.8 Å². The van der Waals surface area contributed by atoms with Crippen molar-refractivity contribution < 1.29 is 38.6 Å². The smallest absolute Gasteiger partial charge is 0.266 e. The summed E-state index contributed by atoms with van der Waals surface area (Å²) in [6.45, 7) is 1.57. The zero-order chi connectivity index (χ0) is 34.7. The number of ether oxygens (including phenoxy) is 1. The first-order valence-electron chi connectivity index (χ1n) is 15.6. The summed E-state index contributed by atoms with van der Waals surface area (Å²) in [5, 5.41) is 19.7. The summed E-state index contributed by atoms with van der Waals surface area (Å²) < 4.78 is 5.61. The highest BCUT2D eigenvalue weighted by atomic mass is 16.5. The van der Waals surface area contributed by atoms with Gasteiger partial charge in [-0.1, -0.05) is 18.2 Å². The van der Waals surface area contributed by atoms with E-state index in [9.17, 15) is 33.9 Å². The zero-order valence-corrected chi connectivity index (χ0v) is 26.4. The number of hydrogen-bond acceptors (Lipinski definition) is 10. The highest BCUT2D eigenvalue weighted by Gasteiger charge is 2.46. The molecule has 2 aliphatic heterocycles. The Bertz CT molecular complexity index is 2000. The van der Waals surface area contributed by atoms with E-state index in [1.807, 2.05) is 19.1 Å². The second-order valence-corrected chi connectivity index (χ2v) is 11.7. The van der Waals surface area contributed by atoms with Gasteiger partial charge in [-0.15, -0.1) is 0 Å². The Labute approximate surface area is 279 Å². The van der Waals surface area contributed by atoms with Crippen LogP contribution >= 0.6 is 0 Å². The molecule has 0 spiro atoms. The number of benzene rings is 2. The van der Waals surface area contributed by atoms with E-state index in [1.165, 1.54) is 18.2 Å². The molecule has 2 unspecified atom stereocenters. The number of fused-ring (bicyclic) bond motifs is 2. The number of nitrogens with one attached hydrogen (secondary N) is 3. The SMILES string of the molecule is Cc1cc(C(NC(=O)CCCNC(=O)COc2cccc3c2C(=O)N(C2CCC(=O)NC2=O)C3=O)c2cccnc2)c(O)c2ncccc12. The van der Waals surface area contributed by atoms with Gasteiger partial charge in [-0.05, 0) is 61.2 Å². The van der Waals surface area contributed by atoms with Crippen LogP contribution in [0.2, 0.25) is 0 Å². The lowest BCUT2D eigenvalue weighted by Crippen LogP contribution is -2.54. The number of phenolic OH excluding ortho intramolecular Hbond substituents is 1. The number of hydrogen-bond donors (Lipinski definition) is 4. The molecule has 14 heteroatoms. The molecule has 2 atom stereocenters. The molecule has 14 nitrogen and oxygen atoms in total. The second kappa shape index (κ2) is 13.9. The molecule has 2 aromatic heterocycles. The summed E-state index contributed by atoms with van der Waals surface area (Å²) >= 11 is 0. The quantitative estimate of drug-likeness (QED) is 0.136. The lowest BCUT2D eigenvalue weighted by molar-refractivity contribution is -0.136. The molecule has 6 rings (SSSR count). The van der Waals surface area contributed by atoms with Gasteiger partial charge in [0.05, 0.1) is 17.2 Å². The van der Waals surface area contributed by atoms with Crippen molar-refractivity contribution in [2.24, 2.45) is 0 Å². The molecule has 250 valence electrons. The zero-order valence-electron chi connectivity index (χ0n) is 26.4. The maximum atomic E-state index is 13.2. The fraction of sp³-hybridized carbons (Fsp3) is 0.257. The Morgan fingerprint density at radius 3 is 2.65 bits per heavy atom. The van der Waals surface area contributed by atoms with Gasteiger partial charge in [-0.2, -0.15) is 0 Å². The topological polar surface area (TPSA) is 197 Å². The number of nitrogens with zero attached hydrogens (tertiary/aromatic N) is 3. The first kappa shape index (κ1) is 32.7. The van der Waals surface area contributed by atoms with Gasteiger partial charge >= 0.3 is 0 Å². The van der Waals surface area contributed by atoms with Crippen molar-refractivity contribution in [3.63, 3.8) is 0 Å². The normalized spacial score (nSPS) is 16.3. The molecule has 4 heterocycles. The summed E-state index contributed by atoms with van der Waals surface area (Å²) in [5.74, 6) is -3.51. The largest absolute Gasteiger partial charge is 0.505 e. The number of carbonyl (C=O) groups excluding carboxylic acids is 6. The van der Waals surface area contributed by atoms with E-state index in [2.05, 4.69) is 25.9 Å². The van der Waals surface area contributed by atoms with Crippen molar-refractivity contribution >= 4 is 46.3 Å². The van der Waals surface area contributed by atoms with E-state index in [-0.39, 0.29) is 60.8 Å². The predicted octanol–water partition coefficient (Wildman–Crippen LogP) is 2.23. The van der Waals surface area contributed by atoms with E-state index in [0.29, 0.717) is 16.6 Å². The minimum absolute atomic E-state index is 0.00370. The third kappa shape index (κ3) is 6.66. The number of aryl methyl sites for hydroxylation is 1. The van der Waals surface area contributed by atoms with Crippen molar-refractivity contribution in [1.82, 2.24) is 30.8 Å². The summed E-state index contributed by atoms with van der Waals surface area (Å²) in [6, 6.07) is 11.5. The Kier molecular flexibility index (Phi) is 9.29. The third-order valence-electron chi connectivity index (χ3n) is 8.43. The van der Waals surface area contributed by atoms with Crippen molar-refractivity contribution in [3.05, 3.63) is 94.9 Å². The molecule has 49 heavy (non-hydrogen) atoms. The molecular formula is C35H32N6O8. The molecule has 4 N–H and O–H groups in total. The number of phenols is 1. The molecule has 6 amide bonds. The number of aromatic nitrogens is 2. The molecule has 0 radical (unpaired) electrons. The van der Waals surface area contributed by atoms with Crippen LogP contribution in [0.15, 0.2) is 67.1 Å². The second-order valence-electron chi connectivity index (χ2n) is 11.7. The number of pyridine rings is 2. The maximum Gasteiger partial charge on any atom is 0.266 e. The lowest BCUT2D eigenvalue weighted by atomic mass is 9.94. The van der Waals surface area contributed by atoms with Crippen LogP contribution in [0.5, 0.6) is 11.5 Å². The van der Waals surface area contributed by atoms with Crippen molar-refractivity contribution in [3.8, 4) is 11.5 Å². The van der Waals surface area contributed by atoms with E-state index < -0.39 is 48.2 Å². The molecule has 4 aromatic rings. The highest BCUT2D eigenvalue weighted by Crippen LogP contribution is 2.36. The molecule has 0 bridgehead atoms. The predicted molar refractivity (Wildman–Crippen MR) is 173 cm³/mol. The van der Waals surface area contributed by atoms with Crippen LogP contribution in [0.3, 0.4) is 0 Å². The number of aromatic hydroxyl groups is 1. The van der Waals surface area contributed by atoms with Gasteiger partial charge in [0, 0.05) is 48.9 Å². The number of rotatable bonds is 11. The summed E-state index contributed by atoms with van der Waals surface area (Å²) in [6.07, 6.45) is 5.16. The summed E-state index contributed by atoms with van der Waals surface area (Å²) in [4.78, 5) is 85.1. The number of amides is 6. The van der Waals surface area contributed by atoms with E-state index in [0.717, 1.165) is 15.8 Å². The van der Waals surface area contributed by atoms with Crippen LogP contribution in [0.4, 0.5) is 0 Å². The van der Waals surface area contributed by atoms with Crippen LogP contribution in [-0.4, -0.2) is 74.6 Å². The van der Waals surface area contributed by atoms with Crippen LogP contribution in [-0.2, 0) is 19.2 Å². The molecule has 0 saturated carbocycles. The van der Waals surface area contributed by atoms with Crippen molar-refractivity contribution in [2.45, 2.75) is 44.7 Å². The lowest BCUT2D eigenvalue weighted by Gasteiger charge is -2.27. The van der Waals surface area contributed by atoms with Crippen LogP contribution in [0, 0.1) is 6.92 Å². The number of piperidine rings is 1. The number of carbonyl (C=O) groups is 6. The average molecular weight is 665 g/mol. The Balaban J connectivity index is 1.03. The van der Waals surface area contributed by atoms with Gasteiger partial charge in [0.1, 0.15) is 23.1 Å². The standard InChI is InChI=1S/C35H32N6O8/c1-19-16-23(32(45)31-21(19)8-4-15-38-31)30(20-6-3-13-36-17-20)39-26(42)10-5-14-37-28(44)18-49-25-9-2-7-22-29(25)35(48)41(34(22)47)24-11-12-27(43)40-33(24)46/h2-4,6-9,13,15-17,24,30,45H,5,10-12,14,18H2,1H3,(H,37,44)(H,39,42)(H,40,43,46). The first-order chi connectivity index (χ1) is 23.6. The van der Waals surface area contributed by atoms with Gasteiger partial charge in [0.25, 0.3) is 17.7 Å².